The number of aromatic nitrogens is 2. The van der Waals surface area contributed by atoms with Crippen molar-refractivity contribution in [1.29, 1.82) is 0 Å². The molecule has 0 saturated carbocycles. The number of hydrogen-bond donors (Lipinski definition) is 0. The third-order valence-electron chi connectivity index (χ3n) is 4.01. The fraction of sp³-hybridized carbons (Fsp3) is 0.278. The Balaban J connectivity index is 2.28. The van der Waals surface area contributed by atoms with Crippen LogP contribution in [0.5, 0.6) is 0 Å². The third kappa shape index (κ3) is 2.45. The fourth-order valence-corrected chi connectivity index (χ4v) is 2.57. The van der Waals surface area contributed by atoms with E-state index in [0.29, 0.717) is 0 Å². The van der Waals surface area contributed by atoms with Crippen LogP contribution in [0, 0.1) is 6.92 Å². The van der Waals surface area contributed by atoms with Crippen LogP contribution in [0.4, 0.5) is 0 Å². The number of hydrogen-bond acceptors (Lipinski definition) is 2. The first-order valence-electron chi connectivity index (χ1n) is 7.28. The maximum absolute atomic E-state index is 4.90. The van der Waals surface area contributed by atoms with Gasteiger partial charge >= 0.3 is 0 Å². The van der Waals surface area contributed by atoms with E-state index in [1.807, 2.05) is 6.07 Å². The molecule has 3 rings (SSSR count). The van der Waals surface area contributed by atoms with Gasteiger partial charge in [0.1, 0.15) is 11.9 Å². The van der Waals surface area contributed by atoms with Gasteiger partial charge in [0.2, 0.25) is 0 Å². The first-order chi connectivity index (χ1) is 10.1. The van der Waals surface area contributed by atoms with Crippen LogP contribution >= 0.6 is 0 Å². The second-order valence-corrected chi connectivity index (χ2v) is 5.78. The Labute approximate surface area is 125 Å². The molecule has 0 radical (unpaired) electrons. The molecule has 1 atom stereocenters. The number of aryl methyl sites for hydroxylation is 1. The lowest BCUT2D eigenvalue weighted by Gasteiger charge is -2.21. The van der Waals surface area contributed by atoms with Crippen LogP contribution in [0.2, 0.25) is 0 Å². The van der Waals surface area contributed by atoms with Crippen molar-refractivity contribution in [3.8, 4) is 11.3 Å². The van der Waals surface area contributed by atoms with Crippen LogP contribution in [-0.4, -0.2) is 28.8 Å². The first kappa shape index (κ1) is 13.8. The van der Waals surface area contributed by atoms with E-state index in [9.17, 15) is 0 Å². The van der Waals surface area contributed by atoms with Crippen LogP contribution < -0.4 is 0 Å². The minimum atomic E-state index is 0.215. The number of nitrogens with zero attached hydrogens (tertiary/aromatic N) is 3. The highest BCUT2D eigenvalue weighted by Gasteiger charge is 2.17. The highest BCUT2D eigenvalue weighted by Crippen LogP contribution is 2.30. The molecule has 1 aromatic heterocycles. The van der Waals surface area contributed by atoms with Gasteiger partial charge in [0.15, 0.2) is 0 Å². The van der Waals surface area contributed by atoms with Gasteiger partial charge in [-0.25, -0.2) is 4.68 Å². The molecule has 0 saturated heterocycles. The van der Waals surface area contributed by atoms with Gasteiger partial charge in [0.05, 0.1) is 5.52 Å². The van der Waals surface area contributed by atoms with E-state index in [1.54, 1.807) is 0 Å². The van der Waals surface area contributed by atoms with Crippen LogP contribution in [0.3, 0.4) is 0 Å². The quantitative estimate of drug-likeness (QED) is 0.720. The zero-order chi connectivity index (χ0) is 15.0. The van der Waals surface area contributed by atoms with Crippen molar-refractivity contribution in [2.45, 2.75) is 20.0 Å². The molecule has 3 aromatic rings. The molecule has 3 heteroatoms. The molecule has 0 aliphatic heterocycles. The lowest BCUT2D eigenvalue weighted by atomic mass is 10.1. The molecule has 0 aliphatic rings. The van der Waals surface area contributed by atoms with Gasteiger partial charge in [0.25, 0.3) is 0 Å². The zero-order valence-electron chi connectivity index (χ0n) is 13.0. The maximum Gasteiger partial charge on any atom is 0.101 e. The third-order valence-corrected chi connectivity index (χ3v) is 4.01. The van der Waals surface area contributed by atoms with Gasteiger partial charge in [-0.3, -0.25) is 4.90 Å². The fourth-order valence-electron chi connectivity index (χ4n) is 2.57. The highest BCUT2D eigenvalue weighted by molar-refractivity contribution is 5.93. The topological polar surface area (TPSA) is 21.1 Å². The van der Waals surface area contributed by atoms with Gasteiger partial charge in [-0.05, 0) is 40.1 Å². The summed E-state index contributed by atoms with van der Waals surface area (Å²) in [6, 6.07) is 16.9. The Morgan fingerprint density at radius 3 is 2.43 bits per heavy atom. The average molecular weight is 279 g/mol. The van der Waals surface area contributed by atoms with Crippen molar-refractivity contribution in [3.05, 3.63) is 54.1 Å². The summed E-state index contributed by atoms with van der Waals surface area (Å²) in [5.41, 5.74) is 4.66. The van der Waals surface area contributed by atoms with Crippen LogP contribution in [0.15, 0.2) is 48.5 Å². The van der Waals surface area contributed by atoms with Gasteiger partial charge in [0, 0.05) is 10.9 Å². The second-order valence-electron chi connectivity index (χ2n) is 5.78. The molecule has 0 bridgehead atoms. The van der Waals surface area contributed by atoms with Gasteiger partial charge in [-0.1, -0.05) is 42.0 Å². The van der Waals surface area contributed by atoms with Gasteiger partial charge in [-0.15, -0.1) is 0 Å². The largest absolute Gasteiger partial charge is 0.288 e. The Kier molecular flexibility index (Phi) is 3.52. The van der Waals surface area contributed by atoms with E-state index in [0.717, 1.165) is 11.3 Å². The molecule has 0 aliphatic carbocycles. The maximum atomic E-state index is 4.90. The Morgan fingerprint density at radius 2 is 1.76 bits per heavy atom. The van der Waals surface area contributed by atoms with E-state index < -0.39 is 0 Å². The molecule has 0 amide bonds. The summed E-state index contributed by atoms with van der Waals surface area (Å²) in [4.78, 5) is 2.17. The van der Waals surface area contributed by atoms with E-state index in [1.165, 1.54) is 16.5 Å². The van der Waals surface area contributed by atoms with E-state index in [4.69, 9.17) is 5.10 Å². The Morgan fingerprint density at radius 1 is 1.05 bits per heavy atom. The average Bonchev–Trinajstić information content (AvgIpc) is 2.85. The molecule has 2 aromatic carbocycles. The van der Waals surface area contributed by atoms with E-state index >= 15 is 0 Å². The number of rotatable bonds is 3. The molecule has 108 valence electrons. The summed E-state index contributed by atoms with van der Waals surface area (Å²) < 4.78 is 2.11. The van der Waals surface area contributed by atoms with Gasteiger partial charge in [-0.2, -0.15) is 5.10 Å². The minimum Gasteiger partial charge on any atom is -0.288 e. The monoisotopic (exact) mass is 279 g/mol. The van der Waals surface area contributed by atoms with Crippen molar-refractivity contribution in [1.82, 2.24) is 14.7 Å². The predicted octanol–water partition coefficient (Wildman–Crippen LogP) is 4.09. The lowest BCUT2D eigenvalue weighted by Crippen LogP contribution is -2.23. The highest BCUT2D eigenvalue weighted by atomic mass is 15.4. The Hall–Kier alpha value is -2.13. The van der Waals surface area contributed by atoms with Crippen molar-refractivity contribution < 1.29 is 0 Å². The predicted molar refractivity (Wildman–Crippen MR) is 88.3 cm³/mol. The lowest BCUT2D eigenvalue weighted by molar-refractivity contribution is 0.227. The van der Waals surface area contributed by atoms with Crippen LogP contribution in [0.1, 0.15) is 18.7 Å². The van der Waals surface area contributed by atoms with E-state index in [2.05, 4.69) is 80.0 Å². The van der Waals surface area contributed by atoms with Crippen LogP contribution in [0.25, 0.3) is 22.2 Å². The smallest absolute Gasteiger partial charge is 0.101 e. The molecular formula is C18H21N3. The molecule has 0 fully saturated rings. The number of fused-ring (bicyclic) bond motifs is 1. The molecule has 1 heterocycles. The van der Waals surface area contributed by atoms with E-state index in [-0.39, 0.29) is 6.17 Å². The van der Waals surface area contributed by atoms with Crippen molar-refractivity contribution >= 4 is 10.9 Å². The summed E-state index contributed by atoms with van der Waals surface area (Å²) in [5.74, 6) is 0. The second kappa shape index (κ2) is 5.34. The molecule has 3 nitrogen and oxygen atoms in total. The SMILES string of the molecule is Cc1ccc2c(c1)c(-c1ccccc1)nn2C(C)N(C)C. The Bertz CT molecular complexity index is 757. The number of benzene rings is 2. The van der Waals surface area contributed by atoms with Crippen molar-refractivity contribution in [3.63, 3.8) is 0 Å². The van der Waals surface area contributed by atoms with Gasteiger partial charge < -0.3 is 0 Å². The standard InChI is InChI=1S/C18H21N3/c1-13-10-11-17-16(12-13)18(15-8-6-5-7-9-15)19-21(17)14(2)20(3)4/h5-12,14H,1-4H3. The minimum absolute atomic E-state index is 0.215. The molecular weight excluding hydrogens is 258 g/mol. The summed E-state index contributed by atoms with van der Waals surface area (Å²) in [6.07, 6.45) is 0.215. The van der Waals surface area contributed by atoms with Crippen molar-refractivity contribution in [2.24, 2.45) is 0 Å². The zero-order valence-corrected chi connectivity index (χ0v) is 13.0. The molecule has 0 N–H and O–H groups in total. The summed E-state index contributed by atoms with van der Waals surface area (Å²) >= 11 is 0. The van der Waals surface area contributed by atoms with Crippen LogP contribution in [-0.2, 0) is 0 Å². The molecule has 1 unspecified atom stereocenters. The molecule has 0 spiro atoms. The van der Waals surface area contributed by atoms with Crippen molar-refractivity contribution in [2.75, 3.05) is 14.1 Å². The molecule has 21 heavy (non-hydrogen) atoms. The summed E-state index contributed by atoms with van der Waals surface area (Å²) in [7, 11) is 4.16. The first-order valence-corrected chi connectivity index (χ1v) is 7.28. The summed E-state index contributed by atoms with van der Waals surface area (Å²) in [6.45, 7) is 4.29. The summed E-state index contributed by atoms with van der Waals surface area (Å²) in [5, 5.41) is 6.11. The normalized spacial score (nSPS) is 13.0.